The van der Waals surface area contributed by atoms with Gasteiger partial charge in [0.05, 0.1) is 18.1 Å². The molecule has 1 aliphatic carbocycles. The summed E-state index contributed by atoms with van der Waals surface area (Å²) < 4.78 is 32.4. The summed E-state index contributed by atoms with van der Waals surface area (Å²) in [5, 5.41) is 0. The molecule has 2 aromatic rings. The second-order valence-corrected chi connectivity index (χ2v) is 7.17. The van der Waals surface area contributed by atoms with Crippen LogP contribution in [0.15, 0.2) is 24.3 Å². The van der Waals surface area contributed by atoms with Crippen LogP contribution in [0.4, 0.5) is 8.78 Å². The quantitative estimate of drug-likeness (QED) is 0.779. The topological polar surface area (TPSA) is 47.4 Å². The van der Waals surface area contributed by atoms with Crippen molar-refractivity contribution in [2.45, 2.75) is 45.9 Å². The summed E-state index contributed by atoms with van der Waals surface area (Å²) in [4.78, 5) is 18.9. The van der Waals surface area contributed by atoms with E-state index < -0.39 is 6.11 Å². The number of aryl methyl sites for hydroxylation is 1. The summed E-state index contributed by atoms with van der Waals surface area (Å²) in [7, 11) is 0. The molecule has 1 aliphatic heterocycles. The molecular formula is C19H21F2N3O2. The Kier molecular flexibility index (Phi) is 3.97. The molecule has 0 atom stereocenters. The molecule has 0 spiro atoms. The van der Waals surface area contributed by atoms with Crippen LogP contribution in [0, 0.1) is 12.8 Å². The Morgan fingerprint density at radius 3 is 2.58 bits per heavy atom. The predicted molar refractivity (Wildman–Crippen MR) is 92.0 cm³/mol. The number of rotatable bonds is 6. The second-order valence-electron chi connectivity index (χ2n) is 7.17. The van der Waals surface area contributed by atoms with E-state index in [0.29, 0.717) is 19.4 Å². The highest BCUT2D eigenvalue weighted by Crippen LogP contribution is 2.34. The molecule has 0 radical (unpaired) electrons. The Bertz CT molecular complexity index is 836. The van der Waals surface area contributed by atoms with Gasteiger partial charge in [0, 0.05) is 19.0 Å². The molecule has 1 amide bonds. The van der Waals surface area contributed by atoms with Crippen molar-refractivity contribution in [1.82, 2.24) is 14.5 Å². The molecular weight excluding hydrogens is 340 g/mol. The summed E-state index contributed by atoms with van der Waals surface area (Å²) >= 11 is 0. The molecule has 0 saturated heterocycles. The SMILES string of the molecule is Cc1nc2n(c1-c1ccc(OC(C)(F)F)cc1)CN(CCC1CC1)C2=O. The molecule has 1 fully saturated rings. The Morgan fingerprint density at radius 2 is 1.96 bits per heavy atom. The van der Waals surface area contributed by atoms with Crippen LogP contribution >= 0.6 is 0 Å². The van der Waals surface area contributed by atoms with Crippen LogP contribution in [-0.2, 0) is 6.67 Å². The fourth-order valence-electron chi connectivity index (χ4n) is 3.42. The Balaban J connectivity index is 1.57. The molecule has 0 unspecified atom stereocenters. The van der Waals surface area contributed by atoms with Gasteiger partial charge in [0.25, 0.3) is 5.91 Å². The number of carbonyl (C=O) groups excluding carboxylic acids is 1. The first-order valence-corrected chi connectivity index (χ1v) is 8.85. The van der Waals surface area contributed by atoms with E-state index in [1.807, 2.05) is 16.4 Å². The molecule has 2 heterocycles. The summed E-state index contributed by atoms with van der Waals surface area (Å²) in [5.74, 6) is 1.28. The first-order chi connectivity index (χ1) is 12.3. The largest absolute Gasteiger partial charge is 0.433 e. The number of halogens is 2. The lowest BCUT2D eigenvalue weighted by atomic mass is 10.1. The number of carbonyl (C=O) groups is 1. The van der Waals surface area contributed by atoms with Gasteiger partial charge in [-0.1, -0.05) is 12.8 Å². The summed E-state index contributed by atoms with van der Waals surface area (Å²) in [6.45, 7) is 3.80. The van der Waals surface area contributed by atoms with Crippen LogP contribution in [0.1, 0.15) is 42.5 Å². The third-order valence-electron chi connectivity index (χ3n) is 4.86. The highest BCUT2D eigenvalue weighted by Gasteiger charge is 2.34. The Hall–Kier alpha value is -2.44. The van der Waals surface area contributed by atoms with Gasteiger partial charge in [-0.3, -0.25) is 4.79 Å². The van der Waals surface area contributed by atoms with Gasteiger partial charge in [0.1, 0.15) is 5.75 Å². The lowest BCUT2D eigenvalue weighted by molar-refractivity contribution is -0.158. The predicted octanol–water partition coefficient (Wildman–Crippen LogP) is 4.06. The molecule has 0 bridgehead atoms. The standard InChI is InChI=1S/C19H21F2N3O2/c1-12-16(14-5-7-15(8-6-14)26-19(2,20)21)24-11-23(10-9-13-3-4-13)18(25)17(24)22-12/h5-8,13H,3-4,9-11H2,1-2H3. The fourth-order valence-corrected chi connectivity index (χ4v) is 3.42. The van der Waals surface area contributed by atoms with E-state index in [9.17, 15) is 13.6 Å². The number of nitrogens with zero attached hydrogens (tertiary/aromatic N) is 3. The highest BCUT2D eigenvalue weighted by molar-refractivity contribution is 5.94. The minimum Gasteiger partial charge on any atom is -0.433 e. The van der Waals surface area contributed by atoms with E-state index in [1.54, 1.807) is 12.1 Å². The van der Waals surface area contributed by atoms with Crippen LogP contribution in [0.3, 0.4) is 0 Å². The van der Waals surface area contributed by atoms with E-state index >= 15 is 0 Å². The molecule has 1 aromatic heterocycles. The van der Waals surface area contributed by atoms with Crippen molar-refractivity contribution >= 4 is 5.91 Å². The zero-order chi connectivity index (χ0) is 18.5. The maximum atomic E-state index is 13.0. The molecule has 5 nitrogen and oxygen atoms in total. The average Bonchev–Trinajstić information content (AvgIpc) is 3.27. The minimum absolute atomic E-state index is 0.0365. The monoisotopic (exact) mass is 361 g/mol. The molecule has 4 rings (SSSR count). The highest BCUT2D eigenvalue weighted by atomic mass is 19.3. The normalized spacial score (nSPS) is 16.9. The molecule has 2 aliphatic rings. The van der Waals surface area contributed by atoms with Crippen molar-refractivity contribution in [2.24, 2.45) is 5.92 Å². The number of alkyl halides is 2. The molecule has 138 valence electrons. The minimum atomic E-state index is -3.22. The van der Waals surface area contributed by atoms with Crippen molar-refractivity contribution in [3.8, 4) is 17.0 Å². The van der Waals surface area contributed by atoms with Gasteiger partial charge in [0.15, 0.2) is 0 Å². The molecule has 26 heavy (non-hydrogen) atoms. The Labute approximate surface area is 150 Å². The van der Waals surface area contributed by atoms with E-state index in [4.69, 9.17) is 0 Å². The van der Waals surface area contributed by atoms with Crippen LogP contribution in [0.25, 0.3) is 11.3 Å². The molecule has 7 heteroatoms. The van der Waals surface area contributed by atoms with Crippen LogP contribution in [0.5, 0.6) is 5.75 Å². The van der Waals surface area contributed by atoms with Crippen molar-refractivity contribution in [3.05, 3.63) is 35.8 Å². The number of benzene rings is 1. The first-order valence-electron chi connectivity index (χ1n) is 8.85. The van der Waals surface area contributed by atoms with Crippen molar-refractivity contribution in [3.63, 3.8) is 0 Å². The fraction of sp³-hybridized carbons (Fsp3) is 0.474. The van der Waals surface area contributed by atoms with Gasteiger partial charge >= 0.3 is 6.11 Å². The van der Waals surface area contributed by atoms with Gasteiger partial charge < -0.3 is 14.2 Å². The van der Waals surface area contributed by atoms with Crippen molar-refractivity contribution in [2.75, 3.05) is 6.54 Å². The second kappa shape index (κ2) is 6.07. The van der Waals surface area contributed by atoms with Crippen LogP contribution in [-0.4, -0.2) is 33.0 Å². The summed E-state index contributed by atoms with van der Waals surface area (Å²) in [6, 6.07) is 6.45. The number of hydrogen-bond acceptors (Lipinski definition) is 3. The lowest BCUT2D eigenvalue weighted by Gasteiger charge is -2.16. The number of imidazole rings is 1. The van der Waals surface area contributed by atoms with E-state index in [0.717, 1.165) is 35.8 Å². The van der Waals surface area contributed by atoms with E-state index in [2.05, 4.69) is 9.72 Å². The smallest absolute Gasteiger partial charge is 0.394 e. The molecule has 1 saturated carbocycles. The maximum Gasteiger partial charge on any atom is 0.394 e. The zero-order valence-electron chi connectivity index (χ0n) is 14.8. The number of hydrogen-bond donors (Lipinski definition) is 0. The van der Waals surface area contributed by atoms with E-state index in [1.165, 1.54) is 25.0 Å². The van der Waals surface area contributed by atoms with Gasteiger partial charge in [-0.05, 0) is 43.5 Å². The van der Waals surface area contributed by atoms with Gasteiger partial charge in [-0.2, -0.15) is 8.78 Å². The van der Waals surface area contributed by atoms with Gasteiger partial charge in [-0.15, -0.1) is 0 Å². The maximum absolute atomic E-state index is 13.0. The molecule has 0 N–H and O–H groups in total. The van der Waals surface area contributed by atoms with E-state index in [-0.39, 0.29) is 11.7 Å². The zero-order valence-corrected chi connectivity index (χ0v) is 14.8. The van der Waals surface area contributed by atoms with Gasteiger partial charge in [0.2, 0.25) is 5.82 Å². The van der Waals surface area contributed by atoms with Crippen LogP contribution < -0.4 is 4.74 Å². The third-order valence-corrected chi connectivity index (χ3v) is 4.86. The lowest BCUT2D eigenvalue weighted by Crippen LogP contribution is -2.26. The summed E-state index contributed by atoms with van der Waals surface area (Å²) in [5.41, 5.74) is 2.42. The Morgan fingerprint density at radius 1 is 1.27 bits per heavy atom. The van der Waals surface area contributed by atoms with Crippen LogP contribution in [0.2, 0.25) is 0 Å². The van der Waals surface area contributed by atoms with Crippen molar-refractivity contribution < 1.29 is 18.3 Å². The molecule has 1 aromatic carbocycles. The number of amides is 1. The number of aromatic nitrogens is 2. The number of ether oxygens (including phenoxy) is 1. The third kappa shape index (κ3) is 3.30. The first kappa shape index (κ1) is 17.0. The number of fused-ring (bicyclic) bond motifs is 1. The van der Waals surface area contributed by atoms with Crippen molar-refractivity contribution in [1.29, 1.82) is 0 Å². The van der Waals surface area contributed by atoms with Gasteiger partial charge in [-0.25, -0.2) is 4.98 Å². The summed E-state index contributed by atoms with van der Waals surface area (Å²) in [6.07, 6.45) is 0.357. The average molecular weight is 361 g/mol.